The molecule has 2 amide bonds. The van der Waals surface area contributed by atoms with E-state index >= 15 is 0 Å². The zero-order valence-corrected chi connectivity index (χ0v) is 23.1. The number of nitrogens with zero attached hydrogens (tertiary/aromatic N) is 2. The van der Waals surface area contributed by atoms with Crippen LogP contribution in [-0.2, 0) is 32.8 Å². The van der Waals surface area contributed by atoms with Gasteiger partial charge in [0.05, 0.1) is 11.9 Å². The molecule has 9 heteroatoms. The van der Waals surface area contributed by atoms with Crippen molar-refractivity contribution in [1.29, 1.82) is 0 Å². The molecular formula is C29H35N3O5S. The number of likely N-dealkylation sites (N-methyl/N-ethyl adjacent to an activating group) is 1. The number of anilines is 1. The predicted octanol–water partition coefficient (Wildman–Crippen LogP) is 3.89. The van der Waals surface area contributed by atoms with E-state index in [0.29, 0.717) is 24.6 Å². The second-order valence-corrected chi connectivity index (χ2v) is 11.0. The van der Waals surface area contributed by atoms with Crippen LogP contribution in [0, 0.1) is 6.92 Å². The van der Waals surface area contributed by atoms with E-state index < -0.39 is 28.5 Å². The molecule has 0 fully saturated rings. The molecule has 0 bridgehead atoms. The zero-order valence-electron chi connectivity index (χ0n) is 22.3. The van der Waals surface area contributed by atoms with Crippen LogP contribution in [0.25, 0.3) is 0 Å². The molecule has 38 heavy (non-hydrogen) atoms. The van der Waals surface area contributed by atoms with Gasteiger partial charge in [0.25, 0.3) is 0 Å². The Kier molecular flexibility index (Phi) is 9.90. The van der Waals surface area contributed by atoms with Gasteiger partial charge in [-0.2, -0.15) is 0 Å². The highest BCUT2D eigenvalue weighted by Gasteiger charge is 2.30. The van der Waals surface area contributed by atoms with Crippen LogP contribution in [0.5, 0.6) is 5.75 Å². The van der Waals surface area contributed by atoms with Crippen molar-refractivity contribution in [3.63, 3.8) is 0 Å². The highest BCUT2D eigenvalue weighted by atomic mass is 32.2. The Bertz CT molecular complexity index is 1330. The maximum atomic E-state index is 13.6. The summed E-state index contributed by atoms with van der Waals surface area (Å²) in [4.78, 5) is 27.6. The van der Waals surface area contributed by atoms with Gasteiger partial charge < -0.3 is 15.0 Å². The van der Waals surface area contributed by atoms with Crippen LogP contribution >= 0.6 is 0 Å². The van der Waals surface area contributed by atoms with Crippen LogP contribution < -0.4 is 14.4 Å². The van der Waals surface area contributed by atoms with Crippen LogP contribution in [0.3, 0.4) is 0 Å². The molecule has 0 aliphatic rings. The lowest BCUT2D eigenvalue weighted by Gasteiger charge is -2.31. The first-order valence-corrected chi connectivity index (χ1v) is 14.3. The number of nitrogens with one attached hydrogen (secondary N) is 1. The first kappa shape index (κ1) is 28.7. The molecule has 8 nitrogen and oxygen atoms in total. The monoisotopic (exact) mass is 537 g/mol. The summed E-state index contributed by atoms with van der Waals surface area (Å²) in [5, 5.41) is 2.74. The van der Waals surface area contributed by atoms with Crippen molar-refractivity contribution in [2.24, 2.45) is 0 Å². The van der Waals surface area contributed by atoms with Crippen LogP contribution in [0.1, 0.15) is 30.5 Å². The fourth-order valence-corrected chi connectivity index (χ4v) is 4.82. The van der Waals surface area contributed by atoms with E-state index in [0.717, 1.165) is 27.3 Å². The second kappa shape index (κ2) is 13.1. The lowest BCUT2D eigenvalue weighted by Crippen LogP contribution is -2.51. The van der Waals surface area contributed by atoms with Crippen molar-refractivity contribution in [3.05, 3.63) is 95.6 Å². The molecule has 0 saturated carbocycles. The summed E-state index contributed by atoms with van der Waals surface area (Å²) >= 11 is 0. The summed E-state index contributed by atoms with van der Waals surface area (Å²) in [6.45, 7) is 5.91. The average Bonchev–Trinajstić information content (AvgIpc) is 2.89. The third-order valence-electron chi connectivity index (χ3n) is 6.01. The van der Waals surface area contributed by atoms with Gasteiger partial charge >= 0.3 is 0 Å². The van der Waals surface area contributed by atoms with Crippen LogP contribution in [-0.4, -0.2) is 50.5 Å². The van der Waals surface area contributed by atoms with E-state index in [1.165, 1.54) is 4.90 Å². The van der Waals surface area contributed by atoms with Crippen LogP contribution in [0.4, 0.5) is 5.69 Å². The van der Waals surface area contributed by atoms with Gasteiger partial charge in [-0.3, -0.25) is 13.9 Å². The Hall–Kier alpha value is -3.85. The number of sulfonamides is 1. The lowest BCUT2D eigenvalue weighted by molar-refractivity contribution is -0.139. The molecule has 0 heterocycles. The summed E-state index contributed by atoms with van der Waals surface area (Å²) in [5.41, 5.74) is 3.21. The first-order valence-electron chi connectivity index (χ1n) is 12.5. The zero-order chi connectivity index (χ0) is 27.7. The number of hydrogen-bond acceptors (Lipinski definition) is 5. The Morgan fingerprint density at radius 3 is 2.21 bits per heavy atom. The third-order valence-corrected chi connectivity index (χ3v) is 7.15. The molecular weight excluding hydrogens is 502 g/mol. The van der Waals surface area contributed by atoms with E-state index in [4.69, 9.17) is 4.74 Å². The van der Waals surface area contributed by atoms with Crippen molar-refractivity contribution in [1.82, 2.24) is 10.2 Å². The van der Waals surface area contributed by atoms with Gasteiger partial charge in [-0.1, -0.05) is 60.2 Å². The highest BCUT2D eigenvalue weighted by Crippen LogP contribution is 2.23. The van der Waals surface area contributed by atoms with Gasteiger partial charge in [-0.25, -0.2) is 8.42 Å². The Morgan fingerprint density at radius 1 is 0.947 bits per heavy atom. The van der Waals surface area contributed by atoms with Crippen molar-refractivity contribution >= 4 is 27.5 Å². The molecule has 0 saturated heterocycles. The van der Waals surface area contributed by atoms with Gasteiger partial charge in [-0.05, 0) is 56.2 Å². The molecule has 3 rings (SSSR count). The number of rotatable bonds is 12. The maximum Gasteiger partial charge on any atom is 0.244 e. The number of hydrogen-bond donors (Lipinski definition) is 1. The normalized spacial score (nSPS) is 11.9. The van der Waals surface area contributed by atoms with Gasteiger partial charge in [0.2, 0.25) is 21.8 Å². The standard InChI is InChI=1S/C29H35N3O5S/c1-5-30-29(34)23(3)31(19-25-13-9-10-22(2)18-25)28(33)20-32(38(4,35)36)26-14-16-27(17-15-26)37-21-24-11-7-6-8-12-24/h6-18,23H,5,19-21H2,1-4H3,(H,30,34)/t23-/m1/s1. The number of benzene rings is 3. The average molecular weight is 538 g/mol. The van der Waals surface area contributed by atoms with E-state index in [1.807, 2.05) is 61.5 Å². The quantitative estimate of drug-likeness (QED) is 0.378. The molecule has 0 spiro atoms. The number of carbonyl (C=O) groups is 2. The topological polar surface area (TPSA) is 96.0 Å². The fraction of sp³-hybridized carbons (Fsp3) is 0.310. The largest absolute Gasteiger partial charge is 0.489 e. The van der Waals surface area contributed by atoms with E-state index in [2.05, 4.69) is 5.32 Å². The maximum absolute atomic E-state index is 13.6. The van der Waals surface area contributed by atoms with Crippen molar-refractivity contribution in [2.45, 2.75) is 40.0 Å². The third kappa shape index (κ3) is 8.08. The van der Waals surface area contributed by atoms with Gasteiger partial charge in [-0.15, -0.1) is 0 Å². The van der Waals surface area contributed by atoms with Crippen molar-refractivity contribution < 1.29 is 22.7 Å². The smallest absolute Gasteiger partial charge is 0.244 e. The van der Waals surface area contributed by atoms with Crippen LogP contribution in [0.2, 0.25) is 0 Å². The fourth-order valence-electron chi connectivity index (χ4n) is 3.97. The summed E-state index contributed by atoms with van der Waals surface area (Å²) in [6.07, 6.45) is 1.05. The highest BCUT2D eigenvalue weighted by molar-refractivity contribution is 7.92. The Labute approximate surface area is 225 Å². The molecule has 0 radical (unpaired) electrons. The molecule has 1 N–H and O–H groups in total. The van der Waals surface area contributed by atoms with E-state index in [1.54, 1.807) is 38.1 Å². The molecule has 0 unspecified atom stereocenters. The molecule has 0 aliphatic carbocycles. The molecule has 3 aromatic carbocycles. The minimum atomic E-state index is -3.81. The predicted molar refractivity (Wildman–Crippen MR) is 149 cm³/mol. The second-order valence-electron chi connectivity index (χ2n) is 9.12. The number of ether oxygens (including phenoxy) is 1. The summed E-state index contributed by atoms with van der Waals surface area (Å²) in [7, 11) is -3.81. The lowest BCUT2D eigenvalue weighted by atomic mass is 10.1. The Balaban J connectivity index is 1.81. The molecule has 0 aromatic heterocycles. The van der Waals surface area contributed by atoms with Crippen molar-refractivity contribution in [3.8, 4) is 5.75 Å². The van der Waals surface area contributed by atoms with Gasteiger partial charge in [0.1, 0.15) is 24.9 Å². The molecule has 1 atom stereocenters. The summed E-state index contributed by atoms with van der Waals surface area (Å²) < 4.78 is 32.3. The molecule has 3 aromatic rings. The summed E-state index contributed by atoms with van der Waals surface area (Å²) in [5.74, 6) is -0.220. The van der Waals surface area contributed by atoms with Gasteiger partial charge in [0, 0.05) is 13.1 Å². The minimum absolute atomic E-state index is 0.169. The SMILES string of the molecule is CCNC(=O)[C@@H](C)N(Cc1cccc(C)c1)C(=O)CN(c1ccc(OCc2ccccc2)cc1)S(C)(=O)=O. The first-order chi connectivity index (χ1) is 18.1. The Morgan fingerprint density at radius 2 is 1.61 bits per heavy atom. The van der Waals surface area contributed by atoms with E-state index in [-0.39, 0.29) is 12.5 Å². The van der Waals surface area contributed by atoms with Crippen LogP contribution in [0.15, 0.2) is 78.9 Å². The number of carbonyl (C=O) groups excluding carboxylic acids is 2. The van der Waals surface area contributed by atoms with Gasteiger partial charge in [0.15, 0.2) is 0 Å². The van der Waals surface area contributed by atoms with E-state index in [9.17, 15) is 18.0 Å². The summed E-state index contributed by atoms with van der Waals surface area (Å²) in [6, 6.07) is 23.1. The number of aryl methyl sites for hydroxylation is 1. The molecule has 0 aliphatic heterocycles. The van der Waals surface area contributed by atoms with Crippen molar-refractivity contribution in [2.75, 3.05) is 23.7 Å². The molecule has 202 valence electrons. The number of amides is 2. The minimum Gasteiger partial charge on any atom is -0.489 e.